The zero-order chi connectivity index (χ0) is 17.0. The second kappa shape index (κ2) is 7.70. The first-order valence-electron chi connectivity index (χ1n) is 8.10. The molecule has 1 saturated heterocycles. The number of carboxylic acids is 1. The molecule has 1 fully saturated rings. The van der Waals surface area contributed by atoms with Gasteiger partial charge in [-0.15, -0.1) is 0 Å². The smallest absolute Gasteiger partial charge is 0.328 e. The van der Waals surface area contributed by atoms with Gasteiger partial charge in [0.15, 0.2) is 6.04 Å². The van der Waals surface area contributed by atoms with Gasteiger partial charge in [-0.25, -0.2) is 9.48 Å². The van der Waals surface area contributed by atoms with Crippen LogP contribution in [0.2, 0.25) is 0 Å². The molecule has 7 heteroatoms. The molecule has 0 aromatic carbocycles. The van der Waals surface area contributed by atoms with Crippen LogP contribution in [0.15, 0.2) is 10.9 Å². The van der Waals surface area contributed by atoms with Crippen LogP contribution in [-0.4, -0.2) is 50.5 Å². The fourth-order valence-electron chi connectivity index (χ4n) is 2.70. The van der Waals surface area contributed by atoms with Gasteiger partial charge in [0, 0.05) is 18.5 Å². The van der Waals surface area contributed by atoms with Crippen LogP contribution in [0.5, 0.6) is 0 Å². The predicted molar refractivity (Wildman–Crippen MR) is 85.3 cm³/mol. The van der Waals surface area contributed by atoms with Gasteiger partial charge in [0.25, 0.3) is 5.56 Å². The van der Waals surface area contributed by atoms with Gasteiger partial charge < -0.3 is 15.1 Å². The molecule has 0 amide bonds. The van der Waals surface area contributed by atoms with Crippen LogP contribution in [0.25, 0.3) is 0 Å². The third-order valence-corrected chi connectivity index (χ3v) is 4.14. The lowest BCUT2D eigenvalue weighted by molar-refractivity contribution is -0.141. The van der Waals surface area contributed by atoms with Crippen molar-refractivity contribution in [1.29, 1.82) is 0 Å². The molecule has 1 aliphatic rings. The van der Waals surface area contributed by atoms with E-state index < -0.39 is 24.2 Å². The van der Waals surface area contributed by atoms with Crippen molar-refractivity contribution in [2.24, 2.45) is 5.92 Å². The Morgan fingerprint density at radius 1 is 1.39 bits per heavy atom. The lowest BCUT2D eigenvalue weighted by Crippen LogP contribution is -2.39. The van der Waals surface area contributed by atoms with Crippen molar-refractivity contribution in [3.05, 3.63) is 27.7 Å². The Balaban J connectivity index is 2.30. The number of hydrogen-bond donors (Lipinski definition) is 2. The van der Waals surface area contributed by atoms with Gasteiger partial charge in [-0.3, -0.25) is 4.79 Å². The van der Waals surface area contributed by atoms with E-state index in [0.29, 0.717) is 18.5 Å². The minimum atomic E-state index is -1.07. The fourth-order valence-corrected chi connectivity index (χ4v) is 2.70. The minimum absolute atomic E-state index is 0.118. The van der Waals surface area contributed by atoms with Gasteiger partial charge in [0.1, 0.15) is 0 Å². The van der Waals surface area contributed by atoms with Crippen molar-refractivity contribution >= 4 is 5.97 Å². The lowest BCUT2D eigenvalue weighted by Gasteiger charge is -2.30. The van der Waals surface area contributed by atoms with Gasteiger partial charge >= 0.3 is 5.97 Å². The van der Waals surface area contributed by atoms with Crippen molar-refractivity contribution in [2.75, 3.05) is 19.6 Å². The van der Waals surface area contributed by atoms with Gasteiger partial charge in [-0.1, -0.05) is 13.8 Å². The minimum Gasteiger partial charge on any atom is -0.480 e. The van der Waals surface area contributed by atoms with E-state index in [1.807, 2.05) is 13.8 Å². The predicted octanol–water partition coefficient (Wildman–Crippen LogP) is 0.656. The van der Waals surface area contributed by atoms with Crippen LogP contribution in [0.1, 0.15) is 44.0 Å². The summed E-state index contributed by atoms with van der Waals surface area (Å²) in [5, 5.41) is 23.1. The molecule has 1 atom stereocenters. The first-order valence-corrected chi connectivity index (χ1v) is 8.10. The number of aromatic nitrogens is 2. The highest BCUT2D eigenvalue weighted by Crippen LogP contribution is 2.16. The van der Waals surface area contributed by atoms with Crippen LogP contribution >= 0.6 is 0 Å². The molecule has 7 nitrogen and oxygen atoms in total. The normalized spacial score (nSPS) is 16.3. The molecule has 0 spiro atoms. The molecule has 0 unspecified atom stereocenters. The Hall–Kier alpha value is -1.73. The summed E-state index contributed by atoms with van der Waals surface area (Å²) in [6, 6.07) is 0.587. The Labute approximate surface area is 135 Å². The van der Waals surface area contributed by atoms with E-state index in [2.05, 4.69) is 10.00 Å². The van der Waals surface area contributed by atoms with Gasteiger partial charge in [0.05, 0.1) is 12.3 Å². The highest BCUT2D eigenvalue weighted by atomic mass is 16.4. The van der Waals surface area contributed by atoms with Crippen LogP contribution in [-0.2, 0) is 17.8 Å². The van der Waals surface area contributed by atoms with E-state index in [9.17, 15) is 19.8 Å². The SMILES string of the molecule is CC(C)C[C@@H](C(=O)O)n1nc(CCN2CCC2)cc(CO)c1=O. The van der Waals surface area contributed by atoms with E-state index >= 15 is 0 Å². The summed E-state index contributed by atoms with van der Waals surface area (Å²) in [7, 11) is 0. The second-order valence-corrected chi connectivity index (χ2v) is 6.50. The van der Waals surface area contributed by atoms with Crippen molar-refractivity contribution in [2.45, 2.75) is 45.8 Å². The number of aliphatic hydroxyl groups is 1. The lowest BCUT2D eigenvalue weighted by atomic mass is 10.0. The number of aliphatic hydroxyl groups excluding tert-OH is 1. The fraction of sp³-hybridized carbons (Fsp3) is 0.688. The molecule has 2 heterocycles. The molecule has 23 heavy (non-hydrogen) atoms. The van der Waals surface area contributed by atoms with Crippen LogP contribution in [0, 0.1) is 5.92 Å². The van der Waals surface area contributed by atoms with Crippen LogP contribution in [0.3, 0.4) is 0 Å². The number of likely N-dealkylation sites (tertiary alicyclic amines) is 1. The molecular weight excluding hydrogens is 298 g/mol. The quantitative estimate of drug-likeness (QED) is 0.729. The molecule has 0 saturated carbocycles. The number of carbonyl (C=O) groups is 1. The second-order valence-electron chi connectivity index (χ2n) is 6.50. The third-order valence-electron chi connectivity index (χ3n) is 4.14. The summed E-state index contributed by atoms with van der Waals surface area (Å²) in [4.78, 5) is 26.2. The highest BCUT2D eigenvalue weighted by molar-refractivity contribution is 5.71. The van der Waals surface area contributed by atoms with Gasteiger partial charge in [-0.05, 0) is 37.9 Å². The van der Waals surface area contributed by atoms with E-state index in [1.165, 1.54) is 6.42 Å². The number of aliphatic carboxylic acids is 1. The molecule has 1 aliphatic heterocycles. The molecule has 0 aliphatic carbocycles. The van der Waals surface area contributed by atoms with Crippen molar-refractivity contribution < 1.29 is 15.0 Å². The van der Waals surface area contributed by atoms with Crippen molar-refractivity contribution in [1.82, 2.24) is 14.7 Å². The van der Waals surface area contributed by atoms with Crippen molar-refractivity contribution in [3.63, 3.8) is 0 Å². The Bertz CT molecular complexity index is 608. The molecule has 2 N–H and O–H groups in total. The molecule has 1 aromatic rings. The standard InChI is InChI=1S/C16H25N3O4/c1-11(2)8-14(16(22)23)19-15(21)12(10-20)9-13(17-19)4-7-18-5-3-6-18/h9,11,14,20H,3-8,10H2,1-2H3,(H,22,23)/t14-/m0/s1. The summed E-state index contributed by atoms with van der Waals surface area (Å²) in [5.74, 6) is -0.954. The summed E-state index contributed by atoms with van der Waals surface area (Å²) in [6.45, 7) is 6.36. The summed E-state index contributed by atoms with van der Waals surface area (Å²) in [5.41, 5.74) is 0.331. The average Bonchev–Trinajstić information content (AvgIpc) is 2.44. The topological polar surface area (TPSA) is 95.7 Å². The summed E-state index contributed by atoms with van der Waals surface area (Å²) in [6.07, 6.45) is 2.16. The number of carboxylic acid groups (broad SMARTS) is 1. The zero-order valence-corrected chi connectivity index (χ0v) is 13.7. The Kier molecular flexibility index (Phi) is 5.90. The number of hydrogen-bond acceptors (Lipinski definition) is 5. The van der Waals surface area contributed by atoms with Gasteiger partial charge in [0.2, 0.25) is 0 Å². The highest BCUT2D eigenvalue weighted by Gasteiger charge is 2.25. The molecule has 128 valence electrons. The third kappa shape index (κ3) is 4.39. The molecule has 2 rings (SSSR count). The van der Waals surface area contributed by atoms with Crippen LogP contribution in [0.4, 0.5) is 0 Å². The molecule has 0 radical (unpaired) electrons. The molecular formula is C16H25N3O4. The number of nitrogens with zero attached hydrogens (tertiary/aromatic N) is 3. The molecule has 0 bridgehead atoms. The Morgan fingerprint density at radius 3 is 2.57 bits per heavy atom. The summed E-state index contributed by atoms with van der Waals surface area (Å²) >= 11 is 0. The maximum atomic E-state index is 12.4. The van der Waals surface area contributed by atoms with E-state index in [-0.39, 0.29) is 11.5 Å². The monoisotopic (exact) mass is 323 g/mol. The first kappa shape index (κ1) is 17.6. The van der Waals surface area contributed by atoms with E-state index in [4.69, 9.17) is 0 Å². The van der Waals surface area contributed by atoms with Gasteiger partial charge in [-0.2, -0.15) is 5.10 Å². The molecule has 1 aromatic heterocycles. The van der Waals surface area contributed by atoms with Crippen molar-refractivity contribution in [3.8, 4) is 0 Å². The average molecular weight is 323 g/mol. The zero-order valence-electron chi connectivity index (χ0n) is 13.7. The summed E-state index contributed by atoms with van der Waals surface area (Å²) < 4.78 is 1.04. The maximum absolute atomic E-state index is 12.4. The number of rotatable bonds is 8. The van der Waals surface area contributed by atoms with Crippen LogP contribution < -0.4 is 5.56 Å². The largest absolute Gasteiger partial charge is 0.480 e. The first-order chi connectivity index (χ1) is 10.9. The van der Waals surface area contributed by atoms with E-state index in [0.717, 1.165) is 24.3 Å². The Morgan fingerprint density at radius 2 is 2.09 bits per heavy atom. The van der Waals surface area contributed by atoms with E-state index in [1.54, 1.807) is 6.07 Å². The maximum Gasteiger partial charge on any atom is 0.328 e.